The van der Waals surface area contributed by atoms with Crippen molar-refractivity contribution in [3.05, 3.63) is 35.5 Å². The summed E-state index contributed by atoms with van der Waals surface area (Å²) >= 11 is 2.20. The second kappa shape index (κ2) is 10.8. The van der Waals surface area contributed by atoms with E-state index in [2.05, 4.69) is 77.6 Å². The van der Waals surface area contributed by atoms with Crippen molar-refractivity contribution in [1.82, 2.24) is 0 Å². The molecule has 0 fully saturated rings. The quantitative estimate of drug-likeness (QED) is 0.368. The van der Waals surface area contributed by atoms with Crippen molar-refractivity contribution in [1.29, 1.82) is 0 Å². The Kier molecular flexibility index (Phi) is 9.07. The molecule has 148 valence electrons. The van der Waals surface area contributed by atoms with Crippen LogP contribution < -0.4 is 0 Å². The SMILES string of the molecule is CCC(C)CCCC1=CCC(SCC2CC(C(C)C)C=CC2C)C=C1C. The minimum atomic E-state index is 0.698. The number of allylic oxidation sites excluding steroid dienone is 5. The molecule has 0 aromatic carbocycles. The molecule has 2 aliphatic carbocycles. The lowest BCUT2D eigenvalue weighted by Crippen LogP contribution is -2.24. The fraction of sp³-hybridized carbons (Fsp3) is 0.760. The maximum Gasteiger partial charge on any atom is 0.0267 e. The van der Waals surface area contributed by atoms with Crippen LogP contribution in [0.25, 0.3) is 0 Å². The monoisotopic (exact) mass is 374 g/mol. The molecule has 0 bridgehead atoms. The molecule has 5 atom stereocenters. The van der Waals surface area contributed by atoms with E-state index in [1.54, 1.807) is 11.1 Å². The van der Waals surface area contributed by atoms with Crippen LogP contribution in [-0.4, -0.2) is 11.0 Å². The van der Waals surface area contributed by atoms with Gasteiger partial charge in [-0.1, -0.05) is 77.3 Å². The molecule has 0 saturated carbocycles. The highest BCUT2D eigenvalue weighted by Crippen LogP contribution is 2.37. The van der Waals surface area contributed by atoms with Crippen LogP contribution in [0.3, 0.4) is 0 Å². The summed E-state index contributed by atoms with van der Waals surface area (Å²) in [6, 6.07) is 0. The van der Waals surface area contributed by atoms with Gasteiger partial charge in [0, 0.05) is 5.25 Å². The Morgan fingerprint density at radius 3 is 2.62 bits per heavy atom. The van der Waals surface area contributed by atoms with Gasteiger partial charge in [-0.15, -0.1) is 0 Å². The minimum Gasteiger partial charge on any atom is -0.154 e. The summed E-state index contributed by atoms with van der Waals surface area (Å²) in [6.07, 6.45) is 18.0. The van der Waals surface area contributed by atoms with E-state index in [-0.39, 0.29) is 0 Å². The first-order valence-electron chi connectivity index (χ1n) is 11.1. The average Bonchev–Trinajstić information content (AvgIpc) is 2.62. The number of hydrogen-bond donors (Lipinski definition) is 0. The molecule has 5 unspecified atom stereocenters. The Hall–Kier alpha value is -0.430. The van der Waals surface area contributed by atoms with Gasteiger partial charge in [-0.05, 0) is 73.5 Å². The predicted octanol–water partition coefficient (Wildman–Crippen LogP) is 8.07. The van der Waals surface area contributed by atoms with Crippen LogP contribution in [0, 0.1) is 29.6 Å². The van der Waals surface area contributed by atoms with Crippen LogP contribution in [0.4, 0.5) is 0 Å². The third kappa shape index (κ3) is 6.63. The van der Waals surface area contributed by atoms with Crippen molar-refractivity contribution in [3.63, 3.8) is 0 Å². The summed E-state index contributed by atoms with van der Waals surface area (Å²) in [7, 11) is 0. The van der Waals surface area contributed by atoms with Crippen molar-refractivity contribution in [2.45, 2.75) is 85.3 Å². The summed E-state index contributed by atoms with van der Waals surface area (Å²) in [4.78, 5) is 0. The van der Waals surface area contributed by atoms with Gasteiger partial charge in [-0.3, -0.25) is 0 Å². The highest BCUT2D eigenvalue weighted by molar-refractivity contribution is 8.00. The van der Waals surface area contributed by atoms with Crippen LogP contribution in [-0.2, 0) is 0 Å². The molecule has 0 N–H and O–H groups in total. The van der Waals surface area contributed by atoms with E-state index < -0.39 is 0 Å². The molecule has 0 radical (unpaired) electrons. The summed E-state index contributed by atoms with van der Waals surface area (Å²) in [5, 5.41) is 0.698. The van der Waals surface area contributed by atoms with E-state index >= 15 is 0 Å². The molecule has 2 aliphatic rings. The van der Waals surface area contributed by atoms with Gasteiger partial charge in [0.05, 0.1) is 0 Å². The molecule has 1 heteroatoms. The maximum atomic E-state index is 2.56. The van der Waals surface area contributed by atoms with Gasteiger partial charge in [0.2, 0.25) is 0 Å². The standard InChI is InChI=1S/C25H42S/c1-7-19(4)9-8-10-22-13-14-25(15-21(22)6)26-17-24-16-23(18(2)3)12-11-20(24)5/h11-13,15,18-20,23-25H,7-10,14,16-17H2,1-6H3. The Labute approximate surface area is 168 Å². The summed E-state index contributed by atoms with van der Waals surface area (Å²) < 4.78 is 0. The molecule has 0 nitrogen and oxygen atoms in total. The molecule has 0 saturated heterocycles. The van der Waals surface area contributed by atoms with Gasteiger partial charge in [0.25, 0.3) is 0 Å². The van der Waals surface area contributed by atoms with Crippen LogP contribution in [0.2, 0.25) is 0 Å². The Balaban J connectivity index is 1.77. The molecule has 0 heterocycles. The van der Waals surface area contributed by atoms with Crippen molar-refractivity contribution < 1.29 is 0 Å². The predicted molar refractivity (Wildman–Crippen MR) is 121 cm³/mol. The topological polar surface area (TPSA) is 0 Å². The number of rotatable bonds is 9. The van der Waals surface area contributed by atoms with Gasteiger partial charge in [-0.25, -0.2) is 0 Å². The first kappa shape index (κ1) is 21.9. The van der Waals surface area contributed by atoms with E-state index in [1.807, 2.05) is 0 Å². The lowest BCUT2D eigenvalue weighted by atomic mass is 9.77. The molecule has 0 aromatic rings. The van der Waals surface area contributed by atoms with Gasteiger partial charge in [-0.2, -0.15) is 11.8 Å². The van der Waals surface area contributed by atoms with E-state index in [1.165, 1.54) is 44.3 Å². The highest BCUT2D eigenvalue weighted by Gasteiger charge is 2.26. The highest BCUT2D eigenvalue weighted by atomic mass is 32.2. The van der Waals surface area contributed by atoms with Gasteiger partial charge >= 0.3 is 0 Å². The molecular formula is C25H42S. The Morgan fingerprint density at radius 1 is 1.19 bits per heavy atom. The fourth-order valence-electron chi connectivity index (χ4n) is 4.21. The molecule has 26 heavy (non-hydrogen) atoms. The Morgan fingerprint density at radius 2 is 1.96 bits per heavy atom. The lowest BCUT2D eigenvalue weighted by Gasteiger charge is -2.32. The van der Waals surface area contributed by atoms with Crippen molar-refractivity contribution >= 4 is 11.8 Å². The van der Waals surface area contributed by atoms with E-state index in [9.17, 15) is 0 Å². The second-order valence-electron chi connectivity index (χ2n) is 9.24. The third-order valence-corrected chi connectivity index (χ3v) is 8.12. The summed E-state index contributed by atoms with van der Waals surface area (Å²) in [5.74, 6) is 5.37. The van der Waals surface area contributed by atoms with Crippen LogP contribution in [0.1, 0.15) is 80.1 Å². The molecule has 2 rings (SSSR count). The normalized spacial score (nSPS) is 30.3. The Bertz CT molecular complexity index is 510. The smallest absolute Gasteiger partial charge is 0.0267 e. The van der Waals surface area contributed by atoms with Gasteiger partial charge in [0.15, 0.2) is 0 Å². The molecule has 0 aliphatic heterocycles. The van der Waals surface area contributed by atoms with Crippen molar-refractivity contribution in [2.24, 2.45) is 29.6 Å². The molecule has 0 spiro atoms. The van der Waals surface area contributed by atoms with Crippen LogP contribution in [0.5, 0.6) is 0 Å². The third-order valence-electron chi connectivity index (χ3n) is 6.74. The first-order chi connectivity index (χ1) is 12.4. The fourth-order valence-corrected chi connectivity index (χ4v) is 5.68. The van der Waals surface area contributed by atoms with E-state index in [0.717, 1.165) is 29.6 Å². The number of hydrogen-bond acceptors (Lipinski definition) is 1. The zero-order chi connectivity index (χ0) is 19.1. The summed E-state index contributed by atoms with van der Waals surface area (Å²) in [6.45, 7) is 14.2. The van der Waals surface area contributed by atoms with E-state index in [4.69, 9.17) is 0 Å². The van der Waals surface area contributed by atoms with E-state index in [0.29, 0.717) is 5.25 Å². The second-order valence-corrected chi connectivity index (χ2v) is 10.5. The van der Waals surface area contributed by atoms with Crippen LogP contribution in [0.15, 0.2) is 35.5 Å². The lowest BCUT2D eigenvalue weighted by molar-refractivity contribution is 0.306. The maximum absolute atomic E-state index is 2.56. The van der Waals surface area contributed by atoms with Crippen LogP contribution >= 0.6 is 11.8 Å². The van der Waals surface area contributed by atoms with Crippen molar-refractivity contribution in [2.75, 3.05) is 5.75 Å². The minimum absolute atomic E-state index is 0.698. The van der Waals surface area contributed by atoms with Gasteiger partial charge in [0.1, 0.15) is 0 Å². The largest absolute Gasteiger partial charge is 0.154 e. The molecule has 0 aromatic heterocycles. The zero-order valence-corrected chi connectivity index (χ0v) is 18.9. The first-order valence-corrected chi connectivity index (χ1v) is 12.1. The van der Waals surface area contributed by atoms with Crippen molar-refractivity contribution in [3.8, 4) is 0 Å². The van der Waals surface area contributed by atoms with Gasteiger partial charge < -0.3 is 0 Å². The number of thioether (sulfide) groups is 1. The summed E-state index contributed by atoms with van der Waals surface area (Å²) in [5.41, 5.74) is 3.17. The zero-order valence-electron chi connectivity index (χ0n) is 18.1. The average molecular weight is 375 g/mol. The molecular weight excluding hydrogens is 332 g/mol. The molecule has 0 amide bonds.